The molecule has 1 aliphatic heterocycles. The van der Waals surface area contributed by atoms with E-state index >= 15 is 0 Å². The predicted molar refractivity (Wildman–Crippen MR) is 103 cm³/mol. The summed E-state index contributed by atoms with van der Waals surface area (Å²) >= 11 is 0. The average molecular weight is 348 g/mol. The van der Waals surface area contributed by atoms with Gasteiger partial charge < -0.3 is 20.1 Å². The number of nitrogens with one attached hydrogen (secondary N) is 2. The number of ether oxygens (including phenoxy) is 2. The van der Waals surface area contributed by atoms with Gasteiger partial charge >= 0.3 is 0 Å². The number of guanidine groups is 1. The highest BCUT2D eigenvalue weighted by Gasteiger charge is 2.18. The Balaban J connectivity index is 2.02. The van der Waals surface area contributed by atoms with Crippen molar-refractivity contribution in [2.24, 2.45) is 10.9 Å². The van der Waals surface area contributed by atoms with Gasteiger partial charge in [-0.05, 0) is 37.8 Å². The number of benzene rings is 1. The lowest BCUT2D eigenvalue weighted by Crippen LogP contribution is -2.38. The molecular formula is C20H33N3O2. The normalized spacial score (nSPS) is 17.8. The van der Waals surface area contributed by atoms with Crippen molar-refractivity contribution >= 4 is 5.96 Å². The van der Waals surface area contributed by atoms with E-state index < -0.39 is 0 Å². The van der Waals surface area contributed by atoms with Crippen LogP contribution in [0.25, 0.3) is 0 Å². The third kappa shape index (κ3) is 6.94. The lowest BCUT2D eigenvalue weighted by Gasteiger charge is -2.16. The molecule has 25 heavy (non-hydrogen) atoms. The zero-order valence-electron chi connectivity index (χ0n) is 16.1. The first-order valence-electron chi connectivity index (χ1n) is 9.44. The second kappa shape index (κ2) is 10.3. The van der Waals surface area contributed by atoms with E-state index in [-0.39, 0.29) is 6.10 Å². The SMILES string of the molecule is CCNC(=NCc1ccc(C)cc1OC1CCOC1)NCCC(C)C. The number of aliphatic imine (C=N–C) groups is 1. The largest absolute Gasteiger partial charge is 0.488 e. The molecule has 140 valence electrons. The van der Waals surface area contributed by atoms with Gasteiger partial charge in [-0.3, -0.25) is 0 Å². The van der Waals surface area contributed by atoms with Crippen LogP contribution in [0.2, 0.25) is 0 Å². The summed E-state index contributed by atoms with van der Waals surface area (Å²) in [6.07, 6.45) is 2.24. The first-order valence-corrected chi connectivity index (χ1v) is 9.44. The lowest BCUT2D eigenvalue weighted by atomic mass is 10.1. The molecule has 1 atom stereocenters. The van der Waals surface area contributed by atoms with Gasteiger partial charge in [0.1, 0.15) is 11.9 Å². The number of hydrogen-bond acceptors (Lipinski definition) is 3. The Morgan fingerprint density at radius 1 is 1.36 bits per heavy atom. The van der Waals surface area contributed by atoms with E-state index in [4.69, 9.17) is 14.5 Å². The van der Waals surface area contributed by atoms with Crippen molar-refractivity contribution in [2.45, 2.75) is 53.2 Å². The van der Waals surface area contributed by atoms with Gasteiger partial charge in [0.05, 0.1) is 19.8 Å². The molecule has 1 aliphatic rings. The number of aryl methyl sites for hydroxylation is 1. The summed E-state index contributed by atoms with van der Waals surface area (Å²) in [7, 11) is 0. The summed E-state index contributed by atoms with van der Waals surface area (Å²) in [6.45, 7) is 12.5. The molecule has 0 saturated carbocycles. The van der Waals surface area contributed by atoms with Crippen LogP contribution >= 0.6 is 0 Å². The summed E-state index contributed by atoms with van der Waals surface area (Å²) in [4.78, 5) is 4.73. The third-order valence-corrected chi connectivity index (χ3v) is 4.17. The standard InChI is InChI=1S/C20H33N3O2/c1-5-21-20(22-10-8-15(2)3)23-13-17-7-6-16(4)12-19(17)25-18-9-11-24-14-18/h6-7,12,15,18H,5,8-11,13-14H2,1-4H3,(H2,21,22,23). The number of nitrogens with zero attached hydrogens (tertiary/aromatic N) is 1. The van der Waals surface area contributed by atoms with Gasteiger partial charge in [0, 0.05) is 25.1 Å². The van der Waals surface area contributed by atoms with Gasteiger partial charge in [-0.25, -0.2) is 4.99 Å². The van der Waals surface area contributed by atoms with Crippen LogP contribution in [-0.4, -0.2) is 38.4 Å². The molecule has 5 heteroatoms. The van der Waals surface area contributed by atoms with Crippen molar-refractivity contribution in [1.82, 2.24) is 10.6 Å². The van der Waals surface area contributed by atoms with E-state index in [0.717, 1.165) is 49.8 Å². The second-order valence-corrected chi connectivity index (χ2v) is 7.02. The van der Waals surface area contributed by atoms with Gasteiger partial charge in [-0.2, -0.15) is 0 Å². The second-order valence-electron chi connectivity index (χ2n) is 7.02. The predicted octanol–water partition coefficient (Wildman–Crippen LogP) is 3.26. The minimum atomic E-state index is 0.155. The highest BCUT2D eigenvalue weighted by molar-refractivity contribution is 5.79. The van der Waals surface area contributed by atoms with Gasteiger partial charge in [0.2, 0.25) is 0 Å². The maximum absolute atomic E-state index is 6.16. The molecule has 1 unspecified atom stereocenters. The highest BCUT2D eigenvalue weighted by atomic mass is 16.5. The Labute approximate surface area is 152 Å². The molecule has 1 aromatic rings. The Kier molecular flexibility index (Phi) is 8.06. The van der Waals surface area contributed by atoms with Crippen LogP contribution in [0.1, 0.15) is 44.7 Å². The first kappa shape index (κ1) is 19.6. The number of rotatable bonds is 8. The van der Waals surface area contributed by atoms with Crippen molar-refractivity contribution in [3.63, 3.8) is 0 Å². The molecule has 2 N–H and O–H groups in total. The summed E-state index contributed by atoms with van der Waals surface area (Å²) in [5, 5.41) is 6.71. The fourth-order valence-corrected chi connectivity index (χ4v) is 2.67. The maximum Gasteiger partial charge on any atom is 0.191 e. The van der Waals surface area contributed by atoms with Crippen LogP contribution < -0.4 is 15.4 Å². The van der Waals surface area contributed by atoms with E-state index in [1.807, 2.05) is 0 Å². The fourth-order valence-electron chi connectivity index (χ4n) is 2.67. The zero-order valence-corrected chi connectivity index (χ0v) is 16.1. The quantitative estimate of drug-likeness (QED) is 0.560. The van der Waals surface area contributed by atoms with Crippen LogP contribution in [0.4, 0.5) is 0 Å². The van der Waals surface area contributed by atoms with E-state index in [9.17, 15) is 0 Å². The molecule has 1 heterocycles. The van der Waals surface area contributed by atoms with Crippen molar-refractivity contribution in [1.29, 1.82) is 0 Å². The van der Waals surface area contributed by atoms with Crippen molar-refractivity contribution in [3.05, 3.63) is 29.3 Å². The molecule has 0 aliphatic carbocycles. The smallest absolute Gasteiger partial charge is 0.191 e. The zero-order chi connectivity index (χ0) is 18.1. The van der Waals surface area contributed by atoms with Crippen LogP contribution in [0.5, 0.6) is 5.75 Å². The fraction of sp³-hybridized carbons (Fsp3) is 0.650. The van der Waals surface area contributed by atoms with Crippen molar-refractivity contribution in [2.75, 3.05) is 26.3 Å². The minimum absolute atomic E-state index is 0.155. The summed E-state index contributed by atoms with van der Waals surface area (Å²) in [5.41, 5.74) is 2.31. The van der Waals surface area contributed by atoms with E-state index in [1.54, 1.807) is 0 Å². The van der Waals surface area contributed by atoms with Gasteiger partial charge in [0.25, 0.3) is 0 Å². The summed E-state index contributed by atoms with van der Waals surface area (Å²) in [6, 6.07) is 6.33. The highest BCUT2D eigenvalue weighted by Crippen LogP contribution is 2.24. The van der Waals surface area contributed by atoms with Gasteiger partial charge in [0.15, 0.2) is 5.96 Å². The molecule has 2 rings (SSSR count). The van der Waals surface area contributed by atoms with Crippen LogP contribution in [-0.2, 0) is 11.3 Å². The molecule has 0 amide bonds. The Hall–Kier alpha value is -1.75. The van der Waals surface area contributed by atoms with Crippen LogP contribution in [0.15, 0.2) is 23.2 Å². The summed E-state index contributed by atoms with van der Waals surface area (Å²) in [5.74, 6) is 2.47. The van der Waals surface area contributed by atoms with Gasteiger partial charge in [-0.15, -0.1) is 0 Å². The first-order chi connectivity index (χ1) is 12.1. The van der Waals surface area contributed by atoms with E-state index in [2.05, 4.69) is 56.5 Å². The Bertz CT molecular complexity index is 552. The topological polar surface area (TPSA) is 54.9 Å². The van der Waals surface area contributed by atoms with Crippen molar-refractivity contribution < 1.29 is 9.47 Å². The lowest BCUT2D eigenvalue weighted by molar-refractivity contribution is 0.140. The van der Waals surface area contributed by atoms with Crippen LogP contribution in [0, 0.1) is 12.8 Å². The van der Waals surface area contributed by atoms with Crippen molar-refractivity contribution in [3.8, 4) is 5.75 Å². The molecule has 0 radical (unpaired) electrons. The minimum Gasteiger partial charge on any atom is -0.488 e. The molecule has 0 spiro atoms. The Morgan fingerprint density at radius 3 is 2.88 bits per heavy atom. The number of hydrogen-bond donors (Lipinski definition) is 2. The van der Waals surface area contributed by atoms with E-state index in [0.29, 0.717) is 19.1 Å². The molecular weight excluding hydrogens is 314 g/mol. The Morgan fingerprint density at radius 2 is 2.20 bits per heavy atom. The average Bonchev–Trinajstić information content (AvgIpc) is 3.06. The molecule has 1 saturated heterocycles. The molecule has 1 fully saturated rings. The molecule has 0 bridgehead atoms. The molecule has 5 nitrogen and oxygen atoms in total. The molecule has 0 aromatic heterocycles. The third-order valence-electron chi connectivity index (χ3n) is 4.17. The monoisotopic (exact) mass is 347 g/mol. The van der Waals surface area contributed by atoms with Gasteiger partial charge in [-0.1, -0.05) is 26.0 Å². The van der Waals surface area contributed by atoms with Crippen LogP contribution in [0.3, 0.4) is 0 Å². The molecule has 1 aromatic carbocycles. The maximum atomic E-state index is 6.16. The van der Waals surface area contributed by atoms with E-state index in [1.165, 1.54) is 5.56 Å². The summed E-state index contributed by atoms with van der Waals surface area (Å²) < 4.78 is 11.6.